The molecule has 0 N–H and O–H groups in total. The lowest BCUT2D eigenvalue weighted by Crippen LogP contribution is -2.32. The summed E-state index contributed by atoms with van der Waals surface area (Å²) >= 11 is 0. The van der Waals surface area contributed by atoms with E-state index in [1.807, 2.05) is 0 Å². The molecule has 2 atom stereocenters. The highest BCUT2D eigenvalue weighted by molar-refractivity contribution is 5.15. The van der Waals surface area contributed by atoms with E-state index in [4.69, 9.17) is 0 Å². The molecule has 1 heteroatoms. The molecule has 1 aromatic carbocycles. The largest absolute Gasteiger partial charge is 0.290 e. The molecule has 1 heterocycles. The molecule has 1 aliphatic heterocycles. The van der Waals surface area contributed by atoms with Gasteiger partial charge in [-0.05, 0) is 25.3 Å². The minimum Gasteiger partial charge on any atom is -0.290 e. The van der Waals surface area contributed by atoms with E-state index < -0.39 is 0 Å². The highest BCUT2D eigenvalue weighted by atomic mass is 15.2. The normalized spacial score (nSPS) is 26.7. The topological polar surface area (TPSA) is 3.24 Å². The Hall–Kier alpha value is -1.08. The van der Waals surface area contributed by atoms with E-state index in [9.17, 15) is 0 Å². The summed E-state index contributed by atoms with van der Waals surface area (Å²) < 4.78 is 0. The molecule has 0 spiro atoms. The van der Waals surface area contributed by atoms with Gasteiger partial charge in [0.1, 0.15) is 0 Å². The van der Waals surface area contributed by atoms with Crippen molar-refractivity contribution in [2.24, 2.45) is 0 Å². The van der Waals surface area contributed by atoms with Crippen LogP contribution >= 0.6 is 0 Å². The van der Waals surface area contributed by atoms with Crippen LogP contribution in [0.3, 0.4) is 0 Å². The zero-order chi connectivity index (χ0) is 10.7. The van der Waals surface area contributed by atoms with E-state index in [-0.39, 0.29) is 0 Å². The summed E-state index contributed by atoms with van der Waals surface area (Å²) in [6.07, 6.45) is 4.65. The second-order valence-corrected chi connectivity index (χ2v) is 4.39. The quantitative estimate of drug-likeness (QED) is 0.679. The standard InChI is InChI=1S/C14H19N/c1-3-14-10-9-12(2)15(14)11-13-7-5-4-6-8-13/h3-8,12,14H,1,9-11H2,2H3. The van der Waals surface area contributed by atoms with Crippen molar-refractivity contribution in [3.63, 3.8) is 0 Å². The highest BCUT2D eigenvalue weighted by Crippen LogP contribution is 2.26. The zero-order valence-electron chi connectivity index (χ0n) is 9.39. The fourth-order valence-corrected chi connectivity index (χ4v) is 2.39. The molecular formula is C14H19N. The van der Waals surface area contributed by atoms with Gasteiger partial charge in [-0.2, -0.15) is 0 Å². The lowest BCUT2D eigenvalue weighted by Gasteiger charge is -2.26. The van der Waals surface area contributed by atoms with Gasteiger partial charge in [-0.1, -0.05) is 36.4 Å². The summed E-state index contributed by atoms with van der Waals surface area (Å²) in [6, 6.07) is 11.9. The number of hydrogen-bond donors (Lipinski definition) is 0. The van der Waals surface area contributed by atoms with Gasteiger partial charge in [-0.3, -0.25) is 4.90 Å². The van der Waals surface area contributed by atoms with Crippen molar-refractivity contribution in [2.75, 3.05) is 0 Å². The van der Waals surface area contributed by atoms with Crippen molar-refractivity contribution in [1.29, 1.82) is 0 Å². The van der Waals surface area contributed by atoms with Gasteiger partial charge in [0.2, 0.25) is 0 Å². The van der Waals surface area contributed by atoms with Gasteiger partial charge in [-0.25, -0.2) is 0 Å². The monoisotopic (exact) mass is 201 g/mol. The molecule has 1 nitrogen and oxygen atoms in total. The molecule has 2 unspecified atom stereocenters. The predicted molar refractivity (Wildman–Crippen MR) is 64.7 cm³/mol. The number of rotatable bonds is 3. The van der Waals surface area contributed by atoms with Gasteiger partial charge in [0, 0.05) is 18.6 Å². The van der Waals surface area contributed by atoms with Crippen LogP contribution in [0.25, 0.3) is 0 Å². The third-order valence-electron chi connectivity index (χ3n) is 3.35. The first-order valence-electron chi connectivity index (χ1n) is 5.73. The molecule has 0 bridgehead atoms. The lowest BCUT2D eigenvalue weighted by atomic mass is 10.2. The van der Waals surface area contributed by atoms with Crippen molar-refractivity contribution in [3.8, 4) is 0 Å². The Labute approximate surface area is 92.4 Å². The van der Waals surface area contributed by atoms with Crippen LogP contribution in [0.4, 0.5) is 0 Å². The average molecular weight is 201 g/mol. The number of hydrogen-bond acceptors (Lipinski definition) is 1. The molecule has 1 fully saturated rings. The van der Waals surface area contributed by atoms with Gasteiger partial charge in [0.15, 0.2) is 0 Å². The first kappa shape index (κ1) is 10.4. The maximum absolute atomic E-state index is 3.93. The Morgan fingerprint density at radius 2 is 2.07 bits per heavy atom. The van der Waals surface area contributed by atoms with Crippen molar-refractivity contribution in [1.82, 2.24) is 4.90 Å². The second kappa shape index (κ2) is 4.63. The van der Waals surface area contributed by atoms with Crippen LogP contribution in [-0.2, 0) is 6.54 Å². The minimum absolute atomic E-state index is 0.570. The van der Waals surface area contributed by atoms with Crippen LogP contribution in [0.15, 0.2) is 43.0 Å². The molecule has 0 saturated carbocycles. The second-order valence-electron chi connectivity index (χ2n) is 4.39. The van der Waals surface area contributed by atoms with Crippen LogP contribution < -0.4 is 0 Å². The van der Waals surface area contributed by atoms with Gasteiger partial charge in [0.05, 0.1) is 0 Å². The van der Waals surface area contributed by atoms with Crippen molar-refractivity contribution in [2.45, 2.75) is 38.4 Å². The Balaban J connectivity index is 2.07. The third kappa shape index (κ3) is 2.29. The molecule has 1 aromatic rings. The third-order valence-corrected chi connectivity index (χ3v) is 3.35. The van der Waals surface area contributed by atoms with Crippen LogP contribution in [-0.4, -0.2) is 17.0 Å². The fraction of sp³-hybridized carbons (Fsp3) is 0.429. The summed E-state index contributed by atoms with van der Waals surface area (Å²) in [5.41, 5.74) is 1.40. The SMILES string of the molecule is C=CC1CCC(C)N1Cc1ccccc1. The van der Waals surface area contributed by atoms with Gasteiger partial charge < -0.3 is 0 Å². The van der Waals surface area contributed by atoms with E-state index in [1.165, 1.54) is 18.4 Å². The van der Waals surface area contributed by atoms with Crippen LogP contribution in [0.2, 0.25) is 0 Å². The van der Waals surface area contributed by atoms with E-state index in [0.29, 0.717) is 12.1 Å². The first-order valence-corrected chi connectivity index (χ1v) is 5.73. The molecule has 1 aliphatic rings. The van der Waals surface area contributed by atoms with Gasteiger partial charge in [-0.15, -0.1) is 6.58 Å². The molecule has 1 saturated heterocycles. The minimum atomic E-state index is 0.570. The lowest BCUT2D eigenvalue weighted by molar-refractivity contribution is 0.222. The Kier molecular flexibility index (Phi) is 3.22. The van der Waals surface area contributed by atoms with Crippen LogP contribution in [0, 0.1) is 0 Å². The van der Waals surface area contributed by atoms with Crippen molar-refractivity contribution in [3.05, 3.63) is 48.6 Å². The summed E-state index contributed by atoms with van der Waals surface area (Å²) in [7, 11) is 0. The molecule has 2 rings (SSSR count). The Bertz CT molecular complexity index is 317. The summed E-state index contributed by atoms with van der Waals surface area (Å²) in [6.45, 7) is 7.29. The Morgan fingerprint density at radius 3 is 2.73 bits per heavy atom. The van der Waals surface area contributed by atoms with E-state index in [0.717, 1.165) is 6.54 Å². The molecule has 0 aromatic heterocycles. The van der Waals surface area contributed by atoms with Crippen LogP contribution in [0.5, 0.6) is 0 Å². The van der Waals surface area contributed by atoms with Gasteiger partial charge >= 0.3 is 0 Å². The molecule has 0 aliphatic carbocycles. The van der Waals surface area contributed by atoms with E-state index in [1.54, 1.807) is 0 Å². The zero-order valence-corrected chi connectivity index (χ0v) is 9.39. The van der Waals surface area contributed by atoms with Crippen LogP contribution in [0.1, 0.15) is 25.3 Å². The summed E-state index contributed by atoms with van der Waals surface area (Å²) in [5.74, 6) is 0. The maximum Gasteiger partial charge on any atom is 0.0282 e. The number of benzene rings is 1. The molecule has 0 radical (unpaired) electrons. The van der Waals surface area contributed by atoms with E-state index >= 15 is 0 Å². The smallest absolute Gasteiger partial charge is 0.0282 e. The van der Waals surface area contributed by atoms with Crippen molar-refractivity contribution >= 4 is 0 Å². The number of nitrogens with zero attached hydrogens (tertiary/aromatic N) is 1. The molecule has 80 valence electrons. The van der Waals surface area contributed by atoms with Crippen molar-refractivity contribution < 1.29 is 0 Å². The fourth-order valence-electron chi connectivity index (χ4n) is 2.39. The maximum atomic E-state index is 3.93. The summed E-state index contributed by atoms with van der Waals surface area (Å²) in [5, 5.41) is 0. The molecular weight excluding hydrogens is 182 g/mol. The van der Waals surface area contributed by atoms with Gasteiger partial charge in [0.25, 0.3) is 0 Å². The first-order chi connectivity index (χ1) is 7.31. The Morgan fingerprint density at radius 1 is 1.33 bits per heavy atom. The number of likely N-dealkylation sites (tertiary alicyclic amines) is 1. The highest BCUT2D eigenvalue weighted by Gasteiger charge is 2.27. The molecule has 0 amide bonds. The summed E-state index contributed by atoms with van der Waals surface area (Å²) in [4.78, 5) is 2.54. The predicted octanol–water partition coefficient (Wildman–Crippen LogP) is 3.23. The van der Waals surface area contributed by atoms with E-state index in [2.05, 4.69) is 54.8 Å². The molecule has 15 heavy (non-hydrogen) atoms. The average Bonchev–Trinajstić information content (AvgIpc) is 2.62.